The normalized spacial score (nSPS) is 17.0. The molecule has 3 aromatic rings. The summed E-state index contributed by atoms with van der Waals surface area (Å²) in [5.41, 5.74) is 1.83. The Labute approximate surface area is 259 Å². The number of aromatic nitrogens is 3. The SMILES string of the molecule is COc1ccc(C(=O)NC(c2nccc(C)n2)C(F)(F)F)c(N2CCC(COc3cc(C(CC(=O)O)C4CC4)ccn3)CC2)c1. The van der Waals surface area contributed by atoms with Crippen molar-refractivity contribution in [2.75, 3.05) is 31.7 Å². The number of carboxylic acid groups (broad SMARTS) is 1. The number of hydrogen-bond acceptors (Lipinski definition) is 8. The maximum absolute atomic E-state index is 14.0. The summed E-state index contributed by atoms with van der Waals surface area (Å²) in [6, 6.07) is 7.44. The monoisotopic (exact) mass is 627 g/mol. The molecular formula is C32H36F3N5O5. The van der Waals surface area contributed by atoms with Gasteiger partial charge in [0.2, 0.25) is 5.88 Å². The van der Waals surface area contributed by atoms with Crippen molar-refractivity contribution in [3.8, 4) is 11.6 Å². The fourth-order valence-corrected chi connectivity index (χ4v) is 5.72. The Hall–Kier alpha value is -4.42. The number of nitrogens with one attached hydrogen (secondary N) is 1. The summed E-state index contributed by atoms with van der Waals surface area (Å²) >= 11 is 0. The summed E-state index contributed by atoms with van der Waals surface area (Å²) in [4.78, 5) is 38.6. The first-order chi connectivity index (χ1) is 21.5. The van der Waals surface area contributed by atoms with Gasteiger partial charge in [-0.05, 0) is 80.2 Å². The quantitative estimate of drug-likeness (QED) is 0.268. The van der Waals surface area contributed by atoms with Crippen molar-refractivity contribution < 1.29 is 37.3 Å². The Bertz CT molecular complexity index is 1510. The third kappa shape index (κ3) is 8.20. The maximum Gasteiger partial charge on any atom is 0.416 e. The Morgan fingerprint density at radius 2 is 1.80 bits per heavy atom. The van der Waals surface area contributed by atoms with Crippen LogP contribution in [-0.2, 0) is 4.79 Å². The van der Waals surface area contributed by atoms with E-state index in [0.29, 0.717) is 61.5 Å². The van der Waals surface area contributed by atoms with Crippen LogP contribution in [0.25, 0.3) is 0 Å². The number of carbonyl (C=O) groups is 2. The van der Waals surface area contributed by atoms with Crippen molar-refractivity contribution in [3.05, 3.63) is 71.4 Å². The number of halogens is 3. The molecule has 2 atom stereocenters. The van der Waals surface area contributed by atoms with Gasteiger partial charge in [-0.15, -0.1) is 0 Å². The topological polar surface area (TPSA) is 127 Å². The first kappa shape index (κ1) is 32.0. The average molecular weight is 628 g/mol. The van der Waals surface area contributed by atoms with Gasteiger partial charge in [0.25, 0.3) is 5.91 Å². The van der Waals surface area contributed by atoms with Crippen LogP contribution < -0.4 is 19.7 Å². The van der Waals surface area contributed by atoms with Crippen molar-refractivity contribution in [3.63, 3.8) is 0 Å². The molecule has 5 rings (SSSR count). The molecule has 0 radical (unpaired) electrons. The third-order valence-corrected chi connectivity index (χ3v) is 8.32. The first-order valence-corrected chi connectivity index (χ1v) is 14.9. The lowest BCUT2D eigenvalue weighted by Gasteiger charge is -2.34. The molecule has 3 heterocycles. The summed E-state index contributed by atoms with van der Waals surface area (Å²) in [7, 11) is 1.48. The van der Waals surface area contributed by atoms with E-state index in [-0.39, 0.29) is 23.8 Å². The minimum Gasteiger partial charge on any atom is -0.497 e. The van der Waals surface area contributed by atoms with E-state index in [9.17, 15) is 27.9 Å². The zero-order chi connectivity index (χ0) is 32.1. The van der Waals surface area contributed by atoms with Crippen molar-refractivity contribution in [2.24, 2.45) is 11.8 Å². The lowest BCUT2D eigenvalue weighted by Crippen LogP contribution is -2.41. The summed E-state index contributed by atoms with van der Waals surface area (Å²) in [6.07, 6.45) is 1.62. The van der Waals surface area contributed by atoms with Gasteiger partial charge in [0.05, 0.1) is 31.4 Å². The number of aryl methyl sites for hydroxylation is 1. The number of carbonyl (C=O) groups excluding carboxylic acids is 1. The van der Waals surface area contributed by atoms with Crippen molar-refractivity contribution in [2.45, 2.75) is 57.2 Å². The fourth-order valence-electron chi connectivity index (χ4n) is 5.72. The van der Waals surface area contributed by atoms with Gasteiger partial charge in [-0.3, -0.25) is 9.59 Å². The highest BCUT2D eigenvalue weighted by Crippen LogP contribution is 2.45. The zero-order valence-corrected chi connectivity index (χ0v) is 25.1. The highest BCUT2D eigenvalue weighted by atomic mass is 19.4. The van der Waals surface area contributed by atoms with Gasteiger partial charge in [0, 0.05) is 43.3 Å². The zero-order valence-electron chi connectivity index (χ0n) is 25.1. The number of carboxylic acids is 1. The van der Waals surface area contributed by atoms with Crippen LogP contribution in [0.15, 0.2) is 48.8 Å². The fraction of sp³-hybridized carbons (Fsp3) is 0.469. The van der Waals surface area contributed by atoms with E-state index in [2.05, 4.69) is 20.3 Å². The number of rotatable bonds is 12. The second-order valence-corrected chi connectivity index (χ2v) is 11.6. The van der Waals surface area contributed by atoms with Gasteiger partial charge in [0.1, 0.15) is 5.75 Å². The molecule has 240 valence electrons. The van der Waals surface area contributed by atoms with E-state index in [4.69, 9.17) is 9.47 Å². The summed E-state index contributed by atoms with van der Waals surface area (Å²) < 4.78 is 53.4. The molecule has 1 aliphatic carbocycles. The number of aliphatic carboxylic acids is 1. The third-order valence-electron chi connectivity index (χ3n) is 8.32. The lowest BCUT2D eigenvalue weighted by molar-refractivity contribution is -0.157. The van der Waals surface area contributed by atoms with E-state index in [0.717, 1.165) is 18.4 Å². The molecule has 0 spiro atoms. The molecule has 13 heteroatoms. The van der Waals surface area contributed by atoms with Gasteiger partial charge in [0.15, 0.2) is 11.9 Å². The van der Waals surface area contributed by atoms with Gasteiger partial charge >= 0.3 is 12.1 Å². The van der Waals surface area contributed by atoms with E-state index < -0.39 is 29.9 Å². The molecule has 1 aromatic carbocycles. The van der Waals surface area contributed by atoms with Crippen molar-refractivity contribution in [1.82, 2.24) is 20.3 Å². The van der Waals surface area contributed by atoms with Crippen LogP contribution in [0.2, 0.25) is 0 Å². The van der Waals surface area contributed by atoms with E-state index in [1.54, 1.807) is 19.2 Å². The number of ether oxygens (including phenoxy) is 2. The molecule has 2 N–H and O–H groups in total. The maximum atomic E-state index is 14.0. The largest absolute Gasteiger partial charge is 0.497 e. The Kier molecular flexibility index (Phi) is 9.74. The molecule has 2 aromatic heterocycles. The summed E-state index contributed by atoms with van der Waals surface area (Å²) in [5.74, 6) is -0.827. The highest BCUT2D eigenvalue weighted by Gasteiger charge is 2.44. The number of anilines is 1. The molecule has 45 heavy (non-hydrogen) atoms. The van der Waals surface area contributed by atoms with Crippen LogP contribution in [-0.4, -0.2) is 64.9 Å². The van der Waals surface area contributed by atoms with Crippen LogP contribution in [0.3, 0.4) is 0 Å². The smallest absolute Gasteiger partial charge is 0.416 e. The van der Waals surface area contributed by atoms with E-state index in [1.165, 1.54) is 31.5 Å². The minimum absolute atomic E-state index is 0.0545. The van der Waals surface area contributed by atoms with Crippen LogP contribution in [0.1, 0.15) is 71.5 Å². The van der Waals surface area contributed by atoms with E-state index in [1.807, 2.05) is 17.0 Å². The molecule has 1 aliphatic heterocycles. The molecule has 2 fully saturated rings. The predicted octanol–water partition coefficient (Wildman–Crippen LogP) is 5.49. The van der Waals surface area contributed by atoms with Crippen LogP contribution >= 0.6 is 0 Å². The highest BCUT2D eigenvalue weighted by molar-refractivity contribution is 6.00. The molecule has 2 unspecified atom stereocenters. The van der Waals surface area contributed by atoms with Gasteiger partial charge in [-0.2, -0.15) is 13.2 Å². The number of alkyl halides is 3. The van der Waals surface area contributed by atoms with Gasteiger partial charge in [-0.1, -0.05) is 0 Å². The number of benzene rings is 1. The average Bonchev–Trinajstić information content (AvgIpc) is 3.86. The number of piperidine rings is 1. The standard InChI is InChI=1S/C32H36F3N5O5/c1-19-7-11-37-30(38-19)29(32(33,34)35)39-31(43)24-6-5-23(44-2)16-26(24)40-13-9-20(10-14-40)18-45-27-15-22(8-12-36-27)25(17-28(41)42)21-3-4-21/h5-8,11-12,15-16,20-21,25,29H,3-4,9-10,13-14,17-18H2,1-2H3,(H,39,43)(H,41,42). The predicted molar refractivity (Wildman–Crippen MR) is 158 cm³/mol. The second-order valence-electron chi connectivity index (χ2n) is 11.6. The molecular weight excluding hydrogens is 591 g/mol. The number of nitrogens with zero attached hydrogens (tertiary/aromatic N) is 4. The van der Waals surface area contributed by atoms with Gasteiger partial charge < -0.3 is 24.8 Å². The molecule has 1 saturated heterocycles. The van der Waals surface area contributed by atoms with Crippen molar-refractivity contribution >= 4 is 17.6 Å². The van der Waals surface area contributed by atoms with Crippen LogP contribution in [0.4, 0.5) is 18.9 Å². The van der Waals surface area contributed by atoms with E-state index >= 15 is 0 Å². The number of hydrogen-bond donors (Lipinski definition) is 2. The van der Waals surface area contributed by atoms with Crippen LogP contribution in [0, 0.1) is 18.8 Å². The Morgan fingerprint density at radius 3 is 2.44 bits per heavy atom. The number of amides is 1. The lowest BCUT2D eigenvalue weighted by atomic mass is 9.92. The molecule has 0 bridgehead atoms. The summed E-state index contributed by atoms with van der Waals surface area (Å²) in [5, 5.41) is 11.4. The number of methoxy groups -OCH3 is 1. The minimum atomic E-state index is -4.81. The Morgan fingerprint density at radius 1 is 1.07 bits per heavy atom. The first-order valence-electron chi connectivity index (χ1n) is 14.9. The van der Waals surface area contributed by atoms with Gasteiger partial charge in [-0.25, -0.2) is 15.0 Å². The Balaban J connectivity index is 1.24. The van der Waals surface area contributed by atoms with Crippen molar-refractivity contribution in [1.29, 1.82) is 0 Å². The van der Waals surface area contributed by atoms with Crippen LogP contribution in [0.5, 0.6) is 11.6 Å². The molecule has 1 saturated carbocycles. The number of pyridine rings is 1. The molecule has 2 aliphatic rings. The molecule has 10 nitrogen and oxygen atoms in total. The second kappa shape index (κ2) is 13.7. The summed E-state index contributed by atoms with van der Waals surface area (Å²) in [6.45, 7) is 3.05. The molecule has 1 amide bonds.